The van der Waals surface area contributed by atoms with Crippen molar-refractivity contribution in [1.82, 2.24) is 14.8 Å². The number of aromatic nitrogens is 1. The van der Waals surface area contributed by atoms with Crippen LogP contribution in [-0.2, 0) is 22.2 Å². The van der Waals surface area contributed by atoms with Crippen molar-refractivity contribution < 1.29 is 41.0 Å². The molecule has 7 nitrogen and oxygen atoms in total. The molecule has 2 aromatic carbocycles. The Balaban J connectivity index is 2.16. The Labute approximate surface area is 281 Å². The minimum Gasteiger partial charge on any atom is -0.481 e. The highest BCUT2D eigenvalue weighted by Gasteiger charge is 2.36. The molecule has 266 valence electrons. The van der Waals surface area contributed by atoms with Crippen LogP contribution in [0.3, 0.4) is 0 Å². The lowest BCUT2D eigenvalue weighted by Crippen LogP contribution is -2.41. The lowest BCUT2D eigenvalue weighted by Gasteiger charge is -2.27. The number of hydrogen-bond donors (Lipinski definition) is 2. The molecule has 1 heterocycles. The molecule has 0 saturated heterocycles. The highest BCUT2D eigenvalue weighted by atomic mass is 19.4. The maximum absolute atomic E-state index is 15.8. The van der Waals surface area contributed by atoms with Gasteiger partial charge in [0.15, 0.2) is 0 Å². The van der Waals surface area contributed by atoms with Crippen LogP contribution in [0.15, 0.2) is 47.4 Å². The van der Waals surface area contributed by atoms with Crippen molar-refractivity contribution >= 4 is 18.0 Å². The van der Waals surface area contributed by atoms with E-state index in [-0.39, 0.29) is 47.6 Å². The smallest absolute Gasteiger partial charge is 0.416 e. The van der Waals surface area contributed by atoms with Crippen LogP contribution in [0.2, 0.25) is 0 Å². The molecule has 0 fully saturated rings. The minimum absolute atomic E-state index is 0.00419. The third-order valence-electron chi connectivity index (χ3n) is 8.10. The molecule has 49 heavy (non-hydrogen) atoms. The van der Waals surface area contributed by atoms with Crippen molar-refractivity contribution in [2.45, 2.75) is 72.1 Å². The largest absolute Gasteiger partial charge is 0.481 e. The predicted molar refractivity (Wildman–Crippen MR) is 176 cm³/mol. The number of carbonyl (C=O) groups is 2. The molecule has 0 saturated carbocycles. The minimum atomic E-state index is -4.82. The number of rotatable bonds is 13. The monoisotopic (exact) mass is 693 g/mol. The summed E-state index contributed by atoms with van der Waals surface area (Å²) < 4.78 is 84.3. The first kappa shape index (κ1) is 39.1. The van der Waals surface area contributed by atoms with Gasteiger partial charge in [0, 0.05) is 30.4 Å². The molecule has 0 bridgehead atoms. The lowest BCUT2D eigenvalue weighted by molar-refractivity contribution is -0.139. The van der Waals surface area contributed by atoms with Crippen LogP contribution in [0.25, 0.3) is 17.2 Å². The first-order chi connectivity index (χ1) is 22.7. The van der Waals surface area contributed by atoms with Gasteiger partial charge in [-0.3, -0.25) is 14.4 Å². The molecule has 0 aliphatic carbocycles. The third-order valence-corrected chi connectivity index (χ3v) is 8.10. The van der Waals surface area contributed by atoms with Crippen molar-refractivity contribution in [2.75, 3.05) is 20.6 Å². The van der Waals surface area contributed by atoms with Crippen molar-refractivity contribution in [3.8, 4) is 11.1 Å². The maximum Gasteiger partial charge on any atom is 0.416 e. The van der Waals surface area contributed by atoms with Crippen molar-refractivity contribution in [3.05, 3.63) is 97.7 Å². The van der Waals surface area contributed by atoms with E-state index in [1.54, 1.807) is 46.7 Å². The highest BCUT2D eigenvalue weighted by molar-refractivity contribution is 5.82. The van der Waals surface area contributed by atoms with E-state index < -0.39 is 59.6 Å². The van der Waals surface area contributed by atoms with Gasteiger partial charge in [-0.1, -0.05) is 26.0 Å². The van der Waals surface area contributed by atoms with Crippen LogP contribution >= 0.6 is 0 Å². The summed E-state index contributed by atoms with van der Waals surface area (Å²) in [5, 5.41) is 12.4. The summed E-state index contributed by atoms with van der Waals surface area (Å²) in [4.78, 5) is 40.8. The average Bonchev–Trinajstić information content (AvgIpc) is 2.95. The molecule has 3 aromatic rings. The van der Waals surface area contributed by atoms with Crippen LogP contribution in [0.1, 0.15) is 77.7 Å². The number of likely N-dealkylation sites (N-methyl/N-ethyl adjacent to an activating group) is 1. The SMILES string of the molecule is Cc1cc(-c2c(C)cc(C=C(F)F)cc2C)cc([C@@H](CC(=O)O)NC(=O)[C@@H](CC(C)C)n2cc(CCN(C)C)c(C(F)(F)F)cc2=O)c1F. The number of nitrogens with one attached hydrogen (secondary N) is 1. The van der Waals surface area contributed by atoms with Gasteiger partial charge in [0.25, 0.3) is 11.6 Å². The molecule has 0 aliphatic heterocycles. The quantitative estimate of drug-likeness (QED) is 0.178. The third kappa shape index (κ3) is 10.1. The first-order valence-corrected chi connectivity index (χ1v) is 15.6. The maximum atomic E-state index is 15.8. The van der Waals surface area contributed by atoms with E-state index in [2.05, 4.69) is 5.32 Å². The Morgan fingerprint density at radius 2 is 1.61 bits per heavy atom. The summed E-state index contributed by atoms with van der Waals surface area (Å²) in [6.07, 6.45) is -5.78. The summed E-state index contributed by atoms with van der Waals surface area (Å²) in [5.41, 5.74) is 0.0662. The molecule has 0 radical (unpaired) electrons. The standard InChI is InChI=1S/C36H41F6N3O4/c1-19(2)10-29(45-18-24(8-9-44(6)7)27(16-31(45)46)36(40,41)42)35(49)43-28(17-32(47)48)26-15-25(13-22(5)34(26)39)33-20(3)11-23(12-21(33)4)14-30(37)38/h11-16,18-19,28-29H,8-10,17H2,1-7H3,(H,43,49)(H,47,48)/t28-,29-/m1/s1. The van der Waals surface area contributed by atoms with Gasteiger partial charge in [0.05, 0.1) is 18.0 Å². The number of pyridine rings is 1. The second kappa shape index (κ2) is 15.9. The van der Waals surface area contributed by atoms with Gasteiger partial charge in [-0.25, -0.2) is 4.39 Å². The number of carboxylic acid groups (broad SMARTS) is 1. The molecule has 2 N–H and O–H groups in total. The summed E-state index contributed by atoms with van der Waals surface area (Å²) >= 11 is 0. The predicted octanol–water partition coefficient (Wildman–Crippen LogP) is 7.86. The van der Waals surface area contributed by atoms with Gasteiger partial charge in [-0.2, -0.15) is 22.0 Å². The number of amides is 1. The molecule has 13 heteroatoms. The fourth-order valence-corrected chi connectivity index (χ4v) is 5.97. The van der Waals surface area contributed by atoms with Gasteiger partial charge in [0.1, 0.15) is 11.9 Å². The van der Waals surface area contributed by atoms with E-state index in [0.717, 1.165) is 10.8 Å². The molecule has 1 aromatic heterocycles. The fourth-order valence-electron chi connectivity index (χ4n) is 5.97. The Morgan fingerprint density at radius 3 is 2.12 bits per heavy atom. The molecule has 1 amide bonds. The van der Waals surface area contributed by atoms with Gasteiger partial charge < -0.3 is 19.9 Å². The van der Waals surface area contributed by atoms with Crippen LogP contribution in [0, 0.1) is 32.5 Å². The first-order valence-electron chi connectivity index (χ1n) is 15.6. The molecular weight excluding hydrogens is 652 g/mol. The highest BCUT2D eigenvalue weighted by Crippen LogP contribution is 2.35. The zero-order chi connectivity index (χ0) is 37.0. The van der Waals surface area contributed by atoms with Crippen molar-refractivity contribution in [1.29, 1.82) is 0 Å². The molecular formula is C36H41F6N3O4. The van der Waals surface area contributed by atoms with Crippen molar-refractivity contribution in [3.63, 3.8) is 0 Å². The zero-order valence-electron chi connectivity index (χ0n) is 28.4. The van der Waals surface area contributed by atoms with E-state index >= 15 is 4.39 Å². The number of benzene rings is 2. The Hall–Kier alpha value is -4.39. The Bertz CT molecular complexity index is 1770. The topological polar surface area (TPSA) is 91.6 Å². The second-order valence-electron chi connectivity index (χ2n) is 13.0. The van der Waals surface area contributed by atoms with Crippen LogP contribution in [0.5, 0.6) is 0 Å². The van der Waals surface area contributed by atoms with E-state index in [1.807, 2.05) is 0 Å². The number of halogens is 6. The summed E-state index contributed by atoms with van der Waals surface area (Å²) in [6.45, 7) is 8.56. The fraction of sp³-hybridized carbons (Fsp3) is 0.417. The summed E-state index contributed by atoms with van der Waals surface area (Å²) in [6, 6.07) is 3.64. The number of aliphatic carboxylic acids is 1. The second-order valence-corrected chi connectivity index (χ2v) is 13.0. The number of carboxylic acids is 1. The number of hydrogen-bond acceptors (Lipinski definition) is 4. The van der Waals surface area contributed by atoms with E-state index in [0.29, 0.717) is 34.4 Å². The van der Waals surface area contributed by atoms with Gasteiger partial charge in [0.2, 0.25) is 5.91 Å². The summed E-state index contributed by atoms with van der Waals surface area (Å²) in [7, 11) is 3.36. The molecule has 0 spiro atoms. The number of alkyl halides is 3. The van der Waals surface area contributed by atoms with Crippen LogP contribution in [0.4, 0.5) is 26.3 Å². The van der Waals surface area contributed by atoms with E-state index in [9.17, 15) is 41.4 Å². The number of aryl methyl sites for hydroxylation is 3. The Kier molecular flexibility index (Phi) is 12.7. The van der Waals surface area contributed by atoms with Crippen LogP contribution < -0.4 is 10.9 Å². The average molecular weight is 694 g/mol. The zero-order valence-corrected chi connectivity index (χ0v) is 28.4. The molecule has 0 unspecified atom stereocenters. The van der Waals surface area contributed by atoms with E-state index in [1.165, 1.54) is 31.2 Å². The normalized spacial score (nSPS) is 13.0. The number of nitrogens with zero attached hydrogens (tertiary/aromatic N) is 2. The Morgan fingerprint density at radius 1 is 1.00 bits per heavy atom. The molecule has 3 rings (SSSR count). The van der Waals surface area contributed by atoms with E-state index in [4.69, 9.17) is 0 Å². The van der Waals surface area contributed by atoms with Crippen molar-refractivity contribution in [2.24, 2.45) is 5.92 Å². The van der Waals surface area contributed by atoms with Gasteiger partial charge in [-0.05, 0) is 105 Å². The summed E-state index contributed by atoms with van der Waals surface area (Å²) in [5.74, 6) is -3.27. The van der Waals surface area contributed by atoms with Crippen LogP contribution in [-0.4, -0.2) is 47.1 Å². The molecule has 2 atom stereocenters. The number of carbonyl (C=O) groups excluding carboxylic acids is 1. The lowest BCUT2D eigenvalue weighted by atomic mass is 9.89. The molecule has 0 aliphatic rings. The van der Waals surface area contributed by atoms with Gasteiger partial charge in [-0.15, -0.1) is 0 Å². The van der Waals surface area contributed by atoms with Gasteiger partial charge >= 0.3 is 12.1 Å².